The van der Waals surface area contributed by atoms with Crippen LogP contribution in [0, 0.1) is 0 Å². The predicted molar refractivity (Wildman–Crippen MR) is 121 cm³/mol. The third-order valence-corrected chi connectivity index (χ3v) is 5.22. The van der Waals surface area contributed by atoms with Crippen LogP contribution in [-0.4, -0.2) is 50.5 Å². The van der Waals surface area contributed by atoms with Crippen molar-refractivity contribution >= 4 is 0 Å². The molecular weight excluding hydrogens is 408 g/mol. The number of aromatic nitrogens is 1. The van der Waals surface area contributed by atoms with E-state index < -0.39 is 0 Å². The largest absolute Gasteiger partial charge is 0.493 e. The molecule has 2 aromatic carbocycles. The summed E-state index contributed by atoms with van der Waals surface area (Å²) >= 11 is 0. The monoisotopic (exact) mass is 436 g/mol. The maximum atomic E-state index is 6.19. The first-order valence-corrected chi connectivity index (χ1v) is 10.6. The second-order valence-electron chi connectivity index (χ2n) is 7.34. The number of ether oxygens (including phenoxy) is 5. The van der Waals surface area contributed by atoms with Crippen LogP contribution in [0.25, 0.3) is 0 Å². The van der Waals surface area contributed by atoms with Gasteiger partial charge in [-0.1, -0.05) is 30.3 Å². The smallest absolute Gasteiger partial charge is 0.223 e. The first kappa shape index (κ1) is 21.9. The zero-order chi connectivity index (χ0) is 22.2. The fourth-order valence-electron chi connectivity index (χ4n) is 3.67. The van der Waals surface area contributed by atoms with Crippen molar-refractivity contribution in [3.05, 3.63) is 71.9 Å². The summed E-state index contributed by atoms with van der Waals surface area (Å²) in [6, 6.07) is 17.5. The second kappa shape index (κ2) is 10.8. The highest BCUT2D eigenvalue weighted by Gasteiger charge is 2.18. The summed E-state index contributed by atoms with van der Waals surface area (Å²) in [6.45, 7) is 3.53. The molecule has 0 fully saturated rings. The number of hydrogen-bond acceptors (Lipinski definition) is 7. The van der Waals surface area contributed by atoms with Crippen LogP contribution in [0.4, 0.5) is 0 Å². The molecule has 1 aromatic heterocycles. The summed E-state index contributed by atoms with van der Waals surface area (Å²) in [5, 5.41) is 0. The molecule has 0 saturated carbocycles. The Morgan fingerprint density at radius 3 is 2.62 bits per heavy atom. The fraction of sp³-hybridized carbons (Fsp3) is 0.320. The Labute approximate surface area is 188 Å². The van der Waals surface area contributed by atoms with Gasteiger partial charge >= 0.3 is 0 Å². The highest BCUT2D eigenvalue weighted by Crippen LogP contribution is 2.34. The first-order chi connectivity index (χ1) is 15.8. The molecule has 3 aromatic rings. The molecule has 0 radical (unpaired) electrons. The van der Waals surface area contributed by atoms with E-state index in [0.29, 0.717) is 56.0 Å². The number of methoxy groups -OCH3 is 2. The van der Waals surface area contributed by atoms with E-state index in [4.69, 9.17) is 23.7 Å². The number of rotatable bonds is 4. The van der Waals surface area contributed by atoms with Gasteiger partial charge in [-0.3, -0.25) is 4.90 Å². The summed E-state index contributed by atoms with van der Waals surface area (Å²) < 4.78 is 29.0. The molecule has 0 saturated heterocycles. The molecule has 1 aliphatic rings. The molecule has 32 heavy (non-hydrogen) atoms. The minimum absolute atomic E-state index is 0.444. The number of benzene rings is 2. The summed E-state index contributed by atoms with van der Waals surface area (Å²) in [7, 11) is 3.31. The third-order valence-electron chi connectivity index (χ3n) is 5.22. The van der Waals surface area contributed by atoms with Crippen molar-refractivity contribution in [2.75, 3.05) is 40.6 Å². The minimum Gasteiger partial charge on any atom is -0.493 e. The molecule has 0 amide bonds. The lowest BCUT2D eigenvalue weighted by molar-refractivity contribution is 0.0759. The lowest BCUT2D eigenvalue weighted by atomic mass is 10.1. The first-order valence-electron chi connectivity index (χ1n) is 10.6. The Hall–Kier alpha value is -3.29. The second-order valence-corrected chi connectivity index (χ2v) is 7.34. The molecule has 7 nitrogen and oxygen atoms in total. The summed E-state index contributed by atoms with van der Waals surface area (Å²) in [5.74, 6) is 3.32. The van der Waals surface area contributed by atoms with Gasteiger partial charge in [0.1, 0.15) is 6.61 Å². The van der Waals surface area contributed by atoms with E-state index in [1.54, 1.807) is 20.4 Å². The molecule has 1 aliphatic heterocycles. The molecule has 4 rings (SSSR count). The topological polar surface area (TPSA) is 62.3 Å². The molecule has 0 spiro atoms. The molecule has 168 valence electrons. The van der Waals surface area contributed by atoms with E-state index >= 15 is 0 Å². The van der Waals surface area contributed by atoms with Gasteiger partial charge in [0.2, 0.25) is 5.88 Å². The third kappa shape index (κ3) is 5.30. The van der Waals surface area contributed by atoms with Gasteiger partial charge in [0.25, 0.3) is 0 Å². The van der Waals surface area contributed by atoms with Gasteiger partial charge < -0.3 is 23.7 Å². The average Bonchev–Trinajstić information content (AvgIpc) is 2.84. The van der Waals surface area contributed by atoms with Crippen molar-refractivity contribution in [3.63, 3.8) is 0 Å². The standard InChI is InChI=1S/C25H28N2O5/c1-28-23-11-5-7-19(24(23)29-2)17-27-13-14-30-15-16-31-21-9-3-4-10-22(21)32-25-20(18-27)8-6-12-26-25/h3-12H,13-18H2,1-2H3. The van der Waals surface area contributed by atoms with Crippen LogP contribution in [0.5, 0.6) is 28.9 Å². The number of pyridine rings is 1. The van der Waals surface area contributed by atoms with E-state index in [-0.39, 0.29) is 0 Å². The van der Waals surface area contributed by atoms with Crippen molar-refractivity contribution in [2.45, 2.75) is 13.1 Å². The van der Waals surface area contributed by atoms with Crippen molar-refractivity contribution in [3.8, 4) is 28.9 Å². The Morgan fingerprint density at radius 1 is 0.906 bits per heavy atom. The lowest BCUT2D eigenvalue weighted by Crippen LogP contribution is -2.28. The van der Waals surface area contributed by atoms with Crippen LogP contribution in [0.3, 0.4) is 0 Å². The van der Waals surface area contributed by atoms with Crippen LogP contribution >= 0.6 is 0 Å². The summed E-state index contributed by atoms with van der Waals surface area (Å²) in [4.78, 5) is 6.78. The van der Waals surface area contributed by atoms with Crippen molar-refractivity contribution in [1.29, 1.82) is 0 Å². The SMILES string of the molecule is COc1cccc(CN2CCOCCOc3ccccc3Oc3ncccc3C2)c1OC. The number of hydrogen-bond donors (Lipinski definition) is 0. The van der Waals surface area contributed by atoms with Gasteiger partial charge in [-0.15, -0.1) is 0 Å². The molecule has 0 N–H and O–H groups in total. The maximum absolute atomic E-state index is 6.19. The highest BCUT2D eigenvalue weighted by atomic mass is 16.5. The Kier molecular flexibility index (Phi) is 7.42. The van der Waals surface area contributed by atoms with Gasteiger partial charge in [-0.25, -0.2) is 4.98 Å². The number of fused-ring (bicyclic) bond motifs is 2. The van der Waals surface area contributed by atoms with Gasteiger partial charge in [0.05, 0.1) is 27.4 Å². The molecule has 0 unspecified atom stereocenters. The predicted octanol–water partition coefficient (Wildman–Crippen LogP) is 4.30. The van der Waals surface area contributed by atoms with Crippen molar-refractivity contribution in [1.82, 2.24) is 9.88 Å². The normalized spacial score (nSPS) is 14.9. The Morgan fingerprint density at radius 2 is 1.78 bits per heavy atom. The molecule has 0 atom stereocenters. The number of nitrogens with zero attached hydrogens (tertiary/aromatic N) is 2. The molecule has 7 heteroatoms. The van der Waals surface area contributed by atoms with Crippen molar-refractivity contribution in [2.24, 2.45) is 0 Å². The van der Waals surface area contributed by atoms with E-state index in [1.165, 1.54) is 0 Å². The van der Waals surface area contributed by atoms with Gasteiger partial charge in [0.15, 0.2) is 23.0 Å². The highest BCUT2D eigenvalue weighted by molar-refractivity contribution is 5.47. The summed E-state index contributed by atoms with van der Waals surface area (Å²) in [5.41, 5.74) is 2.01. The molecule has 0 bridgehead atoms. The van der Waals surface area contributed by atoms with E-state index in [1.807, 2.05) is 54.6 Å². The van der Waals surface area contributed by atoms with E-state index in [0.717, 1.165) is 23.4 Å². The Balaban J connectivity index is 1.63. The van der Waals surface area contributed by atoms with Crippen LogP contribution in [0.15, 0.2) is 60.8 Å². The van der Waals surface area contributed by atoms with Crippen molar-refractivity contribution < 1.29 is 23.7 Å². The van der Waals surface area contributed by atoms with Crippen LogP contribution in [-0.2, 0) is 17.8 Å². The van der Waals surface area contributed by atoms with Crippen LogP contribution in [0.1, 0.15) is 11.1 Å². The van der Waals surface area contributed by atoms with Gasteiger partial charge in [0, 0.05) is 37.0 Å². The molecule has 0 aliphatic carbocycles. The van der Waals surface area contributed by atoms with Gasteiger partial charge in [-0.2, -0.15) is 0 Å². The maximum Gasteiger partial charge on any atom is 0.223 e. The minimum atomic E-state index is 0.444. The number of para-hydroxylation sites is 3. The quantitative estimate of drug-likeness (QED) is 0.604. The summed E-state index contributed by atoms with van der Waals surface area (Å²) in [6.07, 6.45) is 1.74. The molecular formula is C25H28N2O5. The zero-order valence-corrected chi connectivity index (χ0v) is 18.5. The van der Waals surface area contributed by atoms with E-state index in [9.17, 15) is 0 Å². The molecule has 2 heterocycles. The Bertz CT molecular complexity index is 1030. The van der Waals surface area contributed by atoms with Gasteiger partial charge in [-0.05, 0) is 24.3 Å². The van der Waals surface area contributed by atoms with E-state index in [2.05, 4.69) is 9.88 Å². The van der Waals surface area contributed by atoms with Crippen LogP contribution < -0.4 is 18.9 Å². The van der Waals surface area contributed by atoms with Crippen LogP contribution in [0.2, 0.25) is 0 Å². The fourth-order valence-corrected chi connectivity index (χ4v) is 3.67. The average molecular weight is 437 g/mol. The lowest BCUT2D eigenvalue weighted by Gasteiger charge is -2.24. The zero-order valence-electron chi connectivity index (χ0n) is 18.5.